The van der Waals surface area contributed by atoms with Crippen LogP contribution in [0.15, 0.2) is 66.7 Å². The third-order valence-electron chi connectivity index (χ3n) is 6.22. The van der Waals surface area contributed by atoms with Crippen molar-refractivity contribution in [2.75, 3.05) is 0 Å². The summed E-state index contributed by atoms with van der Waals surface area (Å²) < 4.78 is 16.9. The molecule has 1 aliphatic rings. The smallest absolute Gasteiger partial charge is 0.326 e. The van der Waals surface area contributed by atoms with Crippen LogP contribution in [0.5, 0.6) is 5.75 Å². The monoisotopic (exact) mass is 572 g/mol. The highest BCUT2D eigenvalue weighted by molar-refractivity contribution is 6.35. The summed E-state index contributed by atoms with van der Waals surface area (Å²) in [4.78, 5) is 36.9. The summed E-state index contributed by atoms with van der Waals surface area (Å²) in [6.07, 6.45) is -3.68. The van der Waals surface area contributed by atoms with Gasteiger partial charge in [0.05, 0.1) is 0 Å². The normalized spacial score (nSPS) is 19.3. The standard InChI is InChI=1S/C28H26Cl2N2O7/c1-15-5-2-3-6-18(15)23-24(39-28(38-23)25(31)33)26(34)32-22(27(35)36)13-16-9-11-17(12-10-16)37-14-19-20(29)7-4-8-21(19)30/h2-12,22-24,28H,13-14H2,1H3,(H2,31,33)(H,32,34)(H,35,36)/t22?,23-,24-,28?/m1/s1. The van der Waals surface area contributed by atoms with Gasteiger partial charge in [-0.15, -0.1) is 0 Å². The van der Waals surface area contributed by atoms with Crippen molar-refractivity contribution in [3.63, 3.8) is 0 Å². The molecule has 0 bridgehead atoms. The second kappa shape index (κ2) is 12.5. The van der Waals surface area contributed by atoms with E-state index >= 15 is 0 Å². The van der Waals surface area contributed by atoms with Gasteiger partial charge in [-0.05, 0) is 47.9 Å². The maximum Gasteiger partial charge on any atom is 0.326 e. The first-order valence-electron chi connectivity index (χ1n) is 12.0. The van der Waals surface area contributed by atoms with E-state index in [1.807, 2.05) is 19.1 Å². The van der Waals surface area contributed by atoms with Crippen molar-refractivity contribution in [2.45, 2.75) is 44.5 Å². The van der Waals surface area contributed by atoms with Crippen LogP contribution in [-0.2, 0) is 36.9 Å². The fourth-order valence-corrected chi connectivity index (χ4v) is 4.66. The molecule has 2 unspecified atom stereocenters. The van der Waals surface area contributed by atoms with Crippen molar-refractivity contribution in [2.24, 2.45) is 5.73 Å². The Bertz CT molecular complexity index is 1350. The molecule has 3 aromatic carbocycles. The van der Waals surface area contributed by atoms with Gasteiger partial charge in [-0.2, -0.15) is 0 Å². The predicted molar refractivity (Wildman–Crippen MR) is 143 cm³/mol. The van der Waals surface area contributed by atoms with Gasteiger partial charge in [-0.3, -0.25) is 9.59 Å². The number of halogens is 2. The molecule has 0 aliphatic carbocycles. The van der Waals surface area contributed by atoms with E-state index in [0.717, 1.165) is 5.56 Å². The molecule has 39 heavy (non-hydrogen) atoms. The molecule has 0 saturated carbocycles. The van der Waals surface area contributed by atoms with Gasteiger partial charge in [0.2, 0.25) is 6.29 Å². The Morgan fingerprint density at radius 3 is 2.28 bits per heavy atom. The quantitative estimate of drug-likeness (QED) is 0.334. The zero-order valence-electron chi connectivity index (χ0n) is 20.8. The van der Waals surface area contributed by atoms with E-state index in [2.05, 4.69) is 5.32 Å². The number of carboxylic acids is 1. The summed E-state index contributed by atoms with van der Waals surface area (Å²) in [6.45, 7) is 1.98. The van der Waals surface area contributed by atoms with Crippen LogP contribution in [-0.4, -0.2) is 41.3 Å². The average molecular weight is 573 g/mol. The largest absolute Gasteiger partial charge is 0.489 e. The number of aliphatic carboxylic acids is 1. The Balaban J connectivity index is 1.43. The second-order valence-electron chi connectivity index (χ2n) is 8.94. The topological polar surface area (TPSA) is 137 Å². The second-order valence-corrected chi connectivity index (χ2v) is 9.76. The zero-order chi connectivity index (χ0) is 28.1. The van der Waals surface area contributed by atoms with Gasteiger partial charge in [0.1, 0.15) is 24.5 Å². The highest BCUT2D eigenvalue weighted by atomic mass is 35.5. The highest BCUT2D eigenvalue weighted by Gasteiger charge is 2.45. The summed E-state index contributed by atoms with van der Waals surface area (Å²) >= 11 is 12.4. The molecule has 11 heteroatoms. The molecule has 0 spiro atoms. The number of nitrogens with two attached hydrogens (primary N) is 1. The molecule has 1 fully saturated rings. The molecule has 9 nitrogen and oxygen atoms in total. The SMILES string of the molecule is Cc1ccccc1[C@H]1OC(C(N)=O)O[C@H]1C(=O)NC(Cc1ccc(OCc2c(Cl)cccc2Cl)cc1)C(=O)O. The zero-order valence-corrected chi connectivity index (χ0v) is 22.3. The fourth-order valence-electron chi connectivity index (χ4n) is 4.15. The van der Waals surface area contributed by atoms with Crippen LogP contribution in [0.2, 0.25) is 10.0 Å². The number of hydrogen-bond acceptors (Lipinski definition) is 6. The minimum Gasteiger partial charge on any atom is -0.489 e. The molecule has 0 aromatic heterocycles. The van der Waals surface area contributed by atoms with Crippen molar-refractivity contribution in [3.05, 3.63) is 99.0 Å². The summed E-state index contributed by atoms with van der Waals surface area (Å²) in [5, 5.41) is 13.3. The van der Waals surface area contributed by atoms with Crippen molar-refractivity contribution in [3.8, 4) is 5.75 Å². The maximum atomic E-state index is 13.2. The first-order chi connectivity index (χ1) is 18.6. The van der Waals surface area contributed by atoms with Crippen molar-refractivity contribution < 1.29 is 33.7 Å². The van der Waals surface area contributed by atoms with E-state index in [1.54, 1.807) is 54.6 Å². The molecule has 4 N–H and O–H groups in total. The molecule has 1 aliphatic heterocycles. The number of hydrogen-bond donors (Lipinski definition) is 3. The Hall–Kier alpha value is -3.63. The molecule has 1 saturated heterocycles. The fraction of sp³-hybridized carbons (Fsp3) is 0.250. The van der Waals surface area contributed by atoms with E-state index in [4.69, 9.17) is 43.1 Å². The Labute approximate surface area is 234 Å². The lowest BCUT2D eigenvalue weighted by molar-refractivity contribution is -0.151. The van der Waals surface area contributed by atoms with E-state index in [0.29, 0.717) is 32.5 Å². The van der Waals surface area contributed by atoms with E-state index < -0.39 is 42.3 Å². The van der Waals surface area contributed by atoms with Gasteiger partial charge >= 0.3 is 5.97 Å². The lowest BCUT2D eigenvalue weighted by atomic mass is 9.98. The van der Waals surface area contributed by atoms with Gasteiger partial charge in [-0.1, -0.05) is 65.7 Å². The molecule has 2 amide bonds. The third kappa shape index (κ3) is 6.88. The predicted octanol–water partition coefficient (Wildman–Crippen LogP) is 3.96. The first kappa shape index (κ1) is 28.4. The molecule has 4 rings (SSSR count). The van der Waals surface area contributed by atoms with Crippen LogP contribution in [0.3, 0.4) is 0 Å². The minimum absolute atomic E-state index is 0.0143. The maximum absolute atomic E-state index is 13.2. The number of benzene rings is 3. The molecule has 1 heterocycles. The third-order valence-corrected chi connectivity index (χ3v) is 6.93. The van der Waals surface area contributed by atoms with Crippen LogP contribution >= 0.6 is 23.2 Å². The lowest BCUT2D eigenvalue weighted by Gasteiger charge is -2.21. The van der Waals surface area contributed by atoms with Crippen LogP contribution in [0.4, 0.5) is 0 Å². The number of rotatable bonds is 10. The number of primary amides is 1. The average Bonchev–Trinajstić information content (AvgIpc) is 3.35. The summed E-state index contributed by atoms with van der Waals surface area (Å²) in [7, 11) is 0. The number of carboxylic acid groups (broad SMARTS) is 1. The van der Waals surface area contributed by atoms with E-state index in [-0.39, 0.29) is 13.0 Å². The van der Waals surface area contributed by atoms with Crippen molar-refractivity contribution >= 4 is 41.0 Å². The first-order valence-corrected chi connectivity index (χ1v) is 12.7. The Morgan fingerprint density at radius 2 is 1.67 bits per heavy atom. The van der Waals surface area contributed by atoms with Gasteiger partial charge in [-0.25, -0.2) is 4.79 Å². The lowest BCUT2D eigenvalue weighted by Crippen LogP contribution is -2.48. The number of ether oxygens (including phenoxy) is 3. The molecular weight excluding hydrogens is 547 g/mol. The Kier molecular flexibility index (Phi) is 9.08. The molecular formula is C28H26Cl2N2O7. The number of carbonyl (C=O) groups excluding carboxylic acids is 2. The van der Waals surface area contributed by atoms with Crippen molar-refractivity contribution in [1.82, 2.24) is 5.32 Å². The van der Waals surface area contributed by atoms with Gasteiger partial charge in [0.15, 0.2) is 6.10 Å². The van der Waals surface area contributed by atoms with Gasteiger partial charge in [0, 0.05) is 22.0 Å². The summed E-state index contributed by atoms with van der Waals surface area (Å²) in [6, 6.07) is 17.8. The van der Waals surface area contributed by atoms with Crippen molar-refractivity contribution in [1.29, 1.82) is 0 Å². The Morgan fingerprint density at radius 1 is 1.00 bits per heavy atom. The van der Waals surface area contributed by atoms with Gasteiger partial charge < -0.3 is 30.4 Å². The minimum atomic E-state index is -1.44. The molecule has 204 valence electrons. The number of amides is 2. The number of carbonyl (C=O) groups is 3. The molecule has 4 atom stereocenters. The van der Waals surface area contributed by atoms with E-state index in [1.165, 1.54) is 0 Å². The van der Waals surface area contributed by atoms with Crippen LogP contribution in [0.1, 0.15) is 28.4 Å². The summed E-state index contributed by atoms with van der Waals surface area (Å²) in [5.74, 6) is -2.34. The number of aryl methyl sites for hydroxylation is 1. The molecule has 3 aromatic rings. The van der Waals surface area contributed by atoms with Gasteiger partial charge in [0.25, 0.3) is 11.8 Å². The summed E-state index contributed by atoms with van der Waals surface area (Å²) in [5.41, 5.74) is 8.06. The van der Waals surface area contributed by atoms with Crippen LogP contribution in [0, 0.1) is 6.92 Å². The van der Waals surface area contributed by atoms with Crippen LogP contribution in [0.25, 0.3) is 0 Å². The highest BCUT2D eigenvalue weighted by Crippen LogP contribution is 2.34. The van der Waals surface area contributed by atoms with E-state index in [9.17, 15) is 19.5 Å². The van der Waals surface area contributed by atoms with Crippen LogP contribution < -0.4 is 15.8 Å². The number of nitrogens with one attached hydrogen (secondary N) is 1. The molecule has 0 radical (unpaired) electrons.